The third-order valence-electron chi connectivity index (χ3n) is 3.75. The molecule has 10 heteroatoms. The van der Waals surface area contributed by atoms with Crippen LogP contribution < -0.4 is 10.6 Å². The zero-order valence-corrected chi connectivity index (χ0v) is 15.0. The molecule has 144 valence electrons. The summed E-state index contributed by atoms with van der Waals surface area (Å²) in [5, 5.41) is 22.2. The molecule has 0 aliphatic carbocycles. The average molecular weight is 382 g/mol. The number of hydrogen-bond donors (Lipinski definition) is 3. The fourth-order valence-corrected chi connectivity index (χ4v) is 2.43. The Morgan fingerprint density at radius 2 is 1.46 bits per heavy atom. The average Bonchev–Trinajstić information content (AvgIpc) is 3.31. The maximum absolute atomic E-state index is 12.3. The van der Waals surface area contributed by atoms with Crippen molar-refractivity contribution in [2.45, 2.75) is 20.0 Å². The lowest BCUT2D eigenvalue weighted by Gasteiger charge is -2.07. The van der Waals surface area contributed by atoms with Gasteiger partial charge in [-0.2, -0.15) is 10.2 Å². The first-order valence-electron chi connectivity index (χ1n) is 8.46. The summed E-state index contributed by atoms with van der Waals surface area (Å²) >= 11 is 0. The van der Waals surface area contributed by atoms with E-state index in [1.165, 1.54) is 12.3 Å². The summed E-state index contributed by atoms with van der Waals surface area (Å²) in [6, 6.07) is 9.67. The fraction of sp³-hybridized carbons (Fsp3) is 0.167. The molecule has 1 aromatic carbocycles. The van der Waals surface area contributed by atoms with Crippen molar-refractivity contribution in [3.05, 3.63) is 60.2 Å². The quantitative estimate of drug-likeness (QED) is 0.570. The highest BCUT2D eigenvalue weighted by atomic mass is 16.4. The molecule has 3 N–H and O–H groups in total. The third kappa shape index (κ3) is 4.61. The van der Waals surface area contributed by atoms with Crippen LogP contribution in [0.2, 0.25) is 0 Å². The first-order chi connectivity index (χ1) is 13.4. The molecule has 0 atom stereocenters. The molecule has 2 aromatic heterocycles. The molecule has 0 fully saturated rings. The number of carboxylic acid groups (broad SMARTS) is 1. The van der Waals surface area contributed by atoms with Gasteiger partial charge in [0.15, 0.2) is 11.4 Å². The number of nitrogens with zero attached hydrogens (tertiary/aromatic N) is 4. The minimum absolute atomic E-state index is 0.0841. The van der Waals surface area contributed by atoms with Gasteiger partial charge in [0.2, 0.25) is 0 Å². The zero-order valence-electron chi connectivity index (χ0n) is 15.0. The minimum atomic E-state index is -1.05. The second kappa shape index (κ2) is 8.16. The van der Waals surface area contributed by atoms with Gasteiger partial charge in [-0.05, 0) is 37.3 Å². The lowest BCUT2D eigenvalue weighted by Crippen LogP contribution is -2.16. The highest BCUT2D eigenvalue weighted by molar-refractivity contribution is 6.05. The van der Waals surface area contributed by atoms with Crippen LogP contribution in [0.3, 0.4) is 0 Å². The number of anilines is 2. The van der Waals surface area contributed by atoms with E-state index in [9.17, 15) is 14.4 Å². The number of carbonyl (C=O) groups is 3. The Hall–Kier alpha value is -3.95. The van der Waals surface area contributed by atoms with Gasteiger partial charge in [0.1, 0.15) is 6.54 Å². The lowest BCUT2D eigenvalue weighted by molar-refractivity contribution is -0.137. The van der Waals surface area contributed by atoms with Gasteiger partial charge < -0.3 is 15.7 Å². The standard InChI is InChI=1S/C18H18N6O4/c1-2-23-8-6-14(21-23)17(27)19-12-4-3-5-13(10-12)20-18(28)15-7-9-24(22-15)11-16(25)26/h3-10H,2,11H2,1H3,(H,19,27)(H,20,28)(H,25,26). The fourth-order valence-electron chi connectivity index (χ4n) is 2.43. The van der Waals surface area contributed by atoms with Gasteiger partial charge in [-0.25, -0.2) is 0 Å². The molecule has 28 heavy (non-hydrogen) atoms. The molecule has 0 aliphatic rings. The summed E-state index contributed by atoms with van der Waals surface area (Å²) in [6.45, 7) is 2.26. The zero-order chi connectivity index (χ0) is 20.1. The molecule has 0 unspecified atom stereocenters. The summed E-state index contributed by atoms with van der Waals surface area (Å²) < 4.78 is 2.80. The van der Waals surface area contributed by atoms with Gasteiger partial charge in [0.05, 0.1) is 0 Å². The van der Waals surface area contributed by atoms with E-state index in [4.69, 9.17) is 5.11 Å². The van der Waals surface area contributed by atoms with Crippen molar-refractivity contribution < 1.29 is 19.5 Å². The van der Waals surface area contributed by atoms with Crippen molar-refractivity contribution in [1.82, 2.24) is 19.6 Å². The molecule has 0 aliphatic heterocycles. The number of amides is 2. The van der Waals surface area contributed by atoms with Crippen molar-refractivity contribution in [2.24, 2.45) is 0 Å². The van der Waals surface area contributed by atoms with Crippen LogP contribution in [-0.4, -0.2) is 42.5 Å². The summed E-state index contributed by atoms with van der Waals surface area (Å²) in [7, 11) is 0. The van der Waals surface area contributed by atoms with Gasteiger partial charge in [0.25, 0.3) is 11.8 Å². The number of aromatic nitrogens is 4. The SMILES string of the molecule is CCn1ccc(C(=O)Nc2cccc(NC(=O)c3ccn(CC(=O)O)n3)c2)n1. The van der Waals surface area contributed by atoms with Crippen molar-refractivity contribution >= 4 is 29.2 Å². The molecule has 0 bridgehead atoms. The van der Waals surface area contributed by atoms with Crippen LogP contribution in [0.5, 0.6) is 0 Å². The number of aliphatic carboxylic acids is 1. The van der Waals surface area contributed by atoms with Crippen LogP contribution in [0.1, 0.15) is 27.9 Å². The van der Waals surface area contributed by atoms with Gasteiger partial charge >= 0.3 is 5.97 Å². The van der Waals surface area contributed by atoms with E-state index in [0.29, 0.717) is 23.6 Å². The number of benzene rings is 1. The Kier molecular flexibility index (Phi) is 5.49. The second-order valence-electron chi connectivity index (χ2n) is 5.84. The van der Waals surface area contributed by atoms with E-state index in [1.54, 1.807) is 41.2 Å². The van der Waals surface area contributed by atoms with Crippen molar-refractivity contribution in [3.8, 4) is 0 Å². The molecule has 2 amide bonds. The molecule has 3 aromatic rings. The second-order valence-corrected chi connectivity index (χ2v) is 5.84. The summed E-state index contributed by atoms with van der Waals surface area (Å²) in [4.78, 5) is 35.2. The van der Waals surface area contributed by atoms with Crippen LogP contribution in [-0.2, 0) is 17.9 Å². The molecule has 0 radical (unpaired) electrons. The highest BCUT2D eigenvalue weighted by Crippen LogP contribution is 2.16. The summed E-state index contributed by atoms with van der Waals surface area (Å²) in [5.41, 5.74) is 1.32. The number of aryl methyl sites for hydroxylation is 1. The third-order valence-corrected chi connectivity index (χ3v) is 3.75. The summed E-state index contributed by atoms with van der Waals surface area (Å²) in [5.74, 6) is -1.90. The number of nitrogens with one attached hydrogen (secondary N) is 2. The van der Waals surface area contributed by atoms with Gasteiger partial charge in [0, 0.05) is 30.3 Å². The number of rotatable bonds is 7. The monoisotopic (exact) mass is 382 g/mol. The molecule has 0 saturated carbocycles. The first kappa shape index (κ1) is 18.8. The van der Waals surface area contributed by atoms with Crippen LogP contribution in [0, 0.1) is 0 Å². The van der Waals surface area contributed by atoms with Crippen LogP contribution >= 0.6 is 0 Å². The van der Waals surface area contributed by atoms with E-state index in [1.807, 2.05) is 6.92 Å². The van der Waals surface area contributed by atoms with Crippen molar-refractivity contribution in [1.29, 1.82) is 0 Å². The van der Waals surface area contributed by atoms with Crippen LogP contribution in [0.15, 0.2) is 48.8 Å². The normalized spacial score (nSPS) is 10.5. The largest absolute Gasteiger partial charge is 0.480 e. The Labute approximate surface area is 159 Å². The molecule has 0 spiro atoms. The Morgan fingerprint density at radius 3 is 1.96 bits per heavy atom. The van der Waals surface area contributed by atoms with Crippen LogP contribution in [0.4, 0.5) is 11.4 Å². The van der Waals surface area contributed by atoms with E-state index in [-0.39, 0.29) is 18.1 Å². The smallest absolute Gasteiger partial charge is 0.325 e. The molecular weight excluding hydrogens is 364 g/mol. The van der Waals surface area contributed by atoms with Crippen LogP contribution in [0.25, 0.3) is 0 Å². The predicted molar refractivity (Wildman–Crippen MR) is 100 cm³/mol. The topological polar surface area (TPSA) is 131 Å². The predicted octanol–water partition coefficient (Wildman–Crippen LogP) is 1.69. The molecule has 10 nitrogen and oxygen atoms in total. The van der Waals surface area contributed by atoms with E-state index in [0.717, 1.165) is 4.68 Å². The minimum Gasteiger partial charge on any atom is -0.480 e. The molecule has 2 heterocycles. The van der Waals surface area contributed by atoms with E-state index in [2.05, 4.69) is 20.8 Å². The Balaban J connectivity index is 1.65. The molecule has 3 rings (SSSR count). The van der Waals surface area contributed by atoms with E-state index < -0.39 is 11.9 Å². The molecule has 0 saturated heterocycles. The first-order valence-corrected chi connectivity index (χ1v) is 8.46. The maximum atomic E-state index is 12.3. The molecular formula is C18H18N6O4. The summed E-state index contributed by atoms with van der Waals surface area (Å²) in [6.07, 6.45) is 3.13. The number of carboxylic acids is 1. The van der Waals surface area contributed by atoms with Gasteiger partial charge in [-0.3, -0.25) is 23.7 Å². The number of carbonyl (C=O) groups excluding carboxylic acids is 2. The lowest BCUT2D eigenvalue weighted by atomic mass is 10.2. The van der Waals surface area contributed by atoms with Crippen molar-refractivity contribution in [3.63, 3.8) is 0 Å². The van der Waals surface area contributed by atoms with Gasteiger partial charge in [-0.15, -0.1) is 0 Å². The maximum Gasteiger partial charge on any atom is 0.325 e. The Bertz CT molecular complexity index is 1020. The number of hydrogen-bond acceptors (Lipinski definition) is 5. The highest BCUT2D eigenvalue weighted by Gasteiger charge is 2.13. The van der Waals surface area contributed by atoms with Gasteiger partial charge in [-0.1, -0.05) is 6.07 Å². The Morgan fingerprint density at radius 1 is 0.929 bits per heavy atom. The van der Waals surface area contributed by atoms with E-state index >= 15 is 0 Å². The van der Waals surface area contributed by atoms with Crippen molar-refractivity contribution in [2.75, 3.05) is 10.6 Å².